The Hall–Kier alpha value is 0.920. The van der Waals surface area contributed by atoms with Gasteiger partial charge in [0.2, 0.25) is 0 Å². The second-order valence-corrected chi connectivity index (χ2v) is 1.32. The van der Waals surface area contributed by atoms with Crippen LogP contribution in [0.25, 0.3) is 0 Å². The molecule has 0 saturated heterocycles. The van der Waals surface area contributed by atoms with Gasteiger partial charge in [-0.15, -0.1) is 6.61 Å². The van der Waals surface area contributed by atoms with Crippen molar-refractivity contribution in [3.05, 3.63) is 0 Å². The molecule has 0 bridgehead atoms. The van der Waals surface area contributed by atoms with E-state index in [2.05, 4.69) is 0 Å². The summed E-state index contributed by atoms with van der Waals surface area (Å²) in [7, 11) is 0. The Morgan fingerprint density at radius 1 is 1.38 bits per heavy atom. The Bertz CT molecular complexity index is 29.6. The molecule has 0 unspecified atom stereocenters. The van der Waals surface area contributed by atoms with Gasteiger partial charge in [-0.3, -0.25) is 0 Å². The van der Waals surface area contributed by atoms with Crippen molar-refractivity contribution in [1.29, 1.82) is 0 Å². The number of hydrogen-bond acceptors (Lipinski definition) is 2. The zero-order valence-electron chi connectivity index (χ0n) is 5.64. The van der Waals surface area contributed by atoms with Crippen LogP contribution >= 0.6 is 0 Å². The molecular formula is C5H11NaO2. The molecule has 8 heavy (non-hydrogen) atoms. The molecule has 0 aromatic heterocycles. The fraction of sp³-hybridized carbons (Fsp3) is 1.00. The van der Waals surface area contributed by atoms with Crippen LogP contribution in [0, 0.1) is 0 Å². The zero-order valence-corrected chi connectivity index (χ0v) is 7.64. The summed E-state index contributed by atoms with van der Waals surface area (Å²) >= 11 is 0. The van der Waals surface area contributed by atoms with Crippen LogP contribution in [0.15, 0.2) is 0 Å². The third-order valence-corrected chi connectivity index (χ3v) is 0.576. The average molecular weight is 126 g/mol. The van der Waals surface area contributed by atoms with Gasteiger partial charge in [-0.05, 0) is 6.42 Å². The van der Waals surface area contributed by atoms with Crippen molar-refractivity contribution in [2.75, 3.05) is 19.8 Å². The van der Waals surface area contributed by atoms with E-state index in [1.54, 1.807) is 0 Å². The molecule has 0 aliphatic heterocycles. The van der Waals surface area contributed by atoms with E-state index in [1.807, 2.05) is 6.92 Å². The fourth-order valence-corrected chi connectivity index (χ4v) is 0.305. The Morgan fingerprint density at radius 3 is 2.38 bits per heavy atom. The van der Waals surface area contributed by atoms with E-state index in [4.69, 9.17) is 4.74 Å². The van der Waals surface area contributed by atoms with E-state index in [-0.39, 0.29) is 36.2 Å². The Kier molecular flexibility index (Phi) is 15.8. The molecule has 0 N–H and O–H groups in total. The van der Waals surface area contributed by atoms with Gasteiger partial charge in [0.05, 0.1) is 0 Å². The van der Waals surface area contributed by atoms with E-state index < -0.39 is 0 Å². The molecule has 0 spiro atoms. The molecule has 0 aromatic carbocycles. The van der Waals surface area contributed by atoms with Gasteiger partial charge in [0.1, 0.15) is 0 Å². The van der Waals surface area contributed by atoms with Gasteiger partial charge in [0.25, 0.3) is 0 Å². The second-order valence-electron chi connectivity index (χ2n) is 1.32. The third-order valence-electron chi connectivity index (χ3n) is 0.576. The second kappa shape index (κ2) is 10.8. The van der Waals surface area contributed by atoms with Gasteiger partial charge in [-0.2, -0.15) is 0 Å². The topological polar surface area (TPSA) is 32.3 Å². The van der Waals surface area contributed by atoms with Gasteiger partial charge >= 0.3 is 29.6 Å². The first-order valence-corrected chi connectivity index (χ1v) is 2.57. The summed E-state index contributed by atoms with van der Waals surface area (Å²) in [4.78, 5) is 0. The van der Waals surface area contributed by atoms with Gasteiger partial charge in [-0.1, -0.05) is 6.92 Å². The summed E-state index contributed by atoms with van der Waals surface area (Å²) in [5.41, 5.74) is 0. The van der Waals surface area contributed by atoms with Crippen LogP contribution in [0.2, 0.25) is 0 Å². The van der Waals surface area contributed by atoms with E-state index in [9.17, 15) is 5.11 Å². The van der Waals surface area contributed by atoms with Crippen molar-refractivity contribution in [2.24, 2.45) is 0 Å². The first-order valence-electron chi connectivity index (χ1n) is 2.57. The van der Waals surface area contributed by atoms with Crippen molar-refractivity contribution in [2.45, 2.75) is 13.3 Å². The maximum Gasteiger partial charge on any atom is 1.00 e. The minimum Gasteiger partial charge on any atom is -0.853 e. The monoisotopic (exact) mass is 126 g/mol. The summed E-state index contributed by atoms with van der Waals surface area (Å²) in [5.74, 6) is 0. The van der Waals surface area contributed by atoms with Crippen LogP contribution < -0.4 is 34.7 Å². The van der Waals surface area contributed by atoms with Crippen LogP contribution in [0.5, 0.6) is 0 Å². The maximum absolute atomic E-state index is 9.68. The molecule has 0 heterocycles. The Morgan fingerprint density at radius 2 is 2.00 bits per heavy atom. The number of ether oxygens (including phenoxy) is 1. The molecule has 0 aliphatic rings. The molecule has 0 aromatic rings. The Balaban J connectivity index is 0. The molecule has 0 fully saturated rings. The predicted octanol–water partition coefficient (Wildman–Crippen LogP) is -3.22. The van der Waals surface area contributed by atoms with Crippen LogP contribution in [-0.4, -0.2) is 19.8 Å². The molecule has 44 valence electrons. The third kappa shape index (κ3) is 10.0. The molecule has 0 rings (SSSR count). The van der Waals surface area contributed by atoms with Gasteiger partial charge in [0, 0.05) is 13.2 Å². The normalized spacial score (nSPS) is 8.25. The molecular weight excluding hydrogens is 115 g/mol. The molecule has 0 radical (unpaired) electrons. The summed E-state index contributed by atoms with van der Waals surface area (Å²) in [6.45, 7) is 3.00. The summed E-state index contributed by atoms with van der Waals surface area (Å²) in [5, 5.41) is 9.68. The van der Waals surface area contributed by atoms with Gasteiger partial charge < -0.3 is 9.84 Å². The van der Waals surface area contributed by atoms with E-state index in [0.717, 1.165) is 13.0 Å². The van der Waals surface area contributed by atoms with Gasteiger partial charge in [0.15, 0.2) is 0 Å². The first kappa shape index (κ1) is 11.7. The standard InChI is InChI=1S/C5H11O2.Na/c1-2-4-7-5-3-6;/h2-5H2,1H3;/q-1;+1. The van der Waals surface area contributed by atoms with Crippen LogP contribution in [0.1, 0.15) is 13.3 Å². The summed E-state index contributed by atoms with van der Waals surface area (Å²) < 4.78 is 4.82. The fourth-order valence-electron chi connectivity index (χ4n) is 0.305. The number of hydrogen-bond donors (Lipinski definition) is 0. The Labute approximate surface area is 72.5 Å². The summed E-state index contributed by atoms with van der Waals surface area (Å²) in [6, 6.07) is 0. The van der Waals surface area contributed by atoms with E-state index in [0.29, 0.717) is 6.61 Å². The van der Waals surface area contributed by atoms with Crippen molar-refractivity contribution in [1.82, 2.24) is 0 Å². The van der Waals surface area contributed by atoms with Gasteiger partial charge in [-0.25, -0.2) is 0 Å². The van der Waals surface area contributed by atoms with E-state index >= 15 is 0 Å². The van der Waals surface area contributed by atoms with Crippen molar-refractivity contribution >= 4 is 0 Å². The minimum absolute atomic E-state index is 0. The quantitative estimate of drug-likeness (QED) is 0.293. The number of rotatable bonds is 4. The molecule has 0 saturated carbocycles. The first-order chi connectivity index (χ1) is 3.41. The van der Waals surface area contributed by atoms with Crippen molar-refractivity contribution in [3.8, 4) is 0 Å². The smallest absolute Gasteiger partial charge is 0.853 e. The van der Waals surface area contributed by atoms with Crippen LogP contribution in [0.4, 0.5) is 0 Å². The largest absolute Gasteiger partial charge is 1.00 e. The van der Waals surface area contributed by atoms with Crippen molar-refractivity contribution in [3.63, 3.8) is 0 Å². The van der Waals surface area contributed by atoms with E-state index in [1.165, 1.54) is 0 Å². The average Bonchev–Trinajstić information content (AvgIpc) is 1.69. The van der Waals surface area contributed by atoms with Crippen LogP contribution in [0.3, 0.4) is 0 Å². The molecule has 3 heteroatoms. The molecule has 0 atom stereocenters. The zero-order chi connectivity index (χ0) is 5.54. The SMILES string of the molecule is CCCOCC[O-].[Na+]. The molecule has 0 amide bonds. The maximum atomic E-state index is 9.68. The predicted molar refractivity (Wildman–Crippen MR) is 26.0 cm³/mol. The summed E-state index contributed by atoms with van der Waals surface area (Å²) in [6.07, 6.45) is 1.00. The minimum atomic E-state index is -0.111. The molecule has 2 nitrogen and oxygen atoms in total. The van der Waals surface area contributed by atoms with Crippen molar-refractivity contribution < 1.29 is 39.4 Å². The molecule has 0 aliphatic carbocycles. The van der Waals surface area contributed by atoms with Crippen LogP contribution in [-0.2, 0) is 4.74 Å².